The predicted octanol–water partition coefficient (Wildman–Crippen LogP) is 3.43. The zero-order chi connectivity index (χ0) is 19.7. The highest BCUT2D eigenvalue weighted by atomic mass is 35.5. The Balaban J connectivity index is 0. The summed E-state index contributed by atoms with van der Waals surface area (Å²) < 4.78 is 5.97. The molecule has 31 heavy (non-hydrogen) atoms. The SMILES string of the molecule is C.CC(C)(C)OCN1CCC(CN2CCC(C3=CC=C(Cl)CC3)C(C)(C)C2)C1.O.O.O. The lowest BCUT2D eigenvalue weighted by molar-refractivity contribution is -0.0581. The Kier molecular flexibility index (Phi) is 14.0. The zero-order valence-electron chi connectivity index (χ0n) is 19.6. The maximum absolute atomic E-state index is 6.16. The Bertz CT molecular complexity index is 587. The Morgan fingerprint density at radius 3 is 2.23 bits per heavy atom. The van der Waals surface area contributed by atoms with E-state index >= 15 is 0 Å². The molecule has 0 bridgehead atoms. The van der Waals surface area contributed by atoms with Crippen LogP contribution in [0.15, 0.2) is 22.8 Å². The molecule has 2 unspecified atom stereocenters. The summed E-state index contributed by atoms with van der Waals surface area (Å²) in [5.74, 6) is 1.49. The zero-order valence-corrected chi connectivity index (χ0v) is 20.3. The fourth-order valence-corrected chi connectivity index (χ4v) is 5.22. The maximum atomic E-state index is 6.16. The number of hydrogen-bond acceptors (Lipinski definition) is 3. The van der Waals surface area contributed by atoms with Crippen molar-refractivity contribution in [2.24, 2.45) is 17.3 Å². The molecule has 7 heteroatoms. The van der Waals surface area contributed by atoms with Crippen molar-refractivity contribution in [1.29, 1.82) is 0 Å². The molecule has 0 aromatic rings. The van der Waals surface area contributed by atoms with Gasteiger partial charge in [0.05, 0.1) is 12.3 Å². The molecule has 0 aromatic carbocycles. The molecule has 2 atom stereocenters. The van der Waals surface area contributed by atoms with Gasteiger partial charge in [-0.3, -0.25) is 4.90 Å². The molecule has 2 aliphatic heterocycles. The smallest absolute Gasteiger partial charge is 0.0997 e. The number of ether oxygens (including phenoxy) is 1. The first kappa shape index (κ1) is 32.7. The number of piperidine rings is 1. The van der Waals surface area contributed by atoms with E-state index < -0.39 is 0 Å². The van der Waals surface area contributed by atoms with Crippen LogP contribution >= 0.6 is 11.6 Å². The van der Waals surface area contributed by atoms with Gasteiger partial charge in [-0.05, 0) is 76.3 Å². The first-order chi connectivity index (χ1) is 12.6. The highest BCUT2D eigenvalue weighted by Crippen LogP contribution is 2.43. The van der Waals surface area contributed by atoms with Crippen molar-refractivity contribution < 1.29 is 21.2 Å². The van der Waals surface area contributed by atoms with Gasteiger partial charge in [0.15, 0.2) is 0 Å². The van der Waals surface area contributed by atoms with Crippen molar-refractivity contribution in [3.05, 3.63) is 22.8 Å². The Labute approximate surface area is 195 Å². The molecule has 186 valence electrons. The minimum absolute atomic E-state index is 0. The van der Waals surface area contributed by atoms with Gasteiger partial charge >= 0.3 is 0 Å². The summed E-state index contributed by atoms with van der Waals surface area (Å²) in [7, 11) is 0. The molecular weight excluding hydrogens is 416 g/mol. The van der Waals surface area contributed by atoms with E-state index in [-0.39, 0.29) is 29.5 Å². The third-order valence-electron chi connectivity index (χ3n) is 6.45. The van der Waals surface area contributed by atoms with Crippen LogP contribution in [0, 0.1) is 17.3 Å². The number of nitrogens with zero attached hydrogens (tertiary/aromatic N) is 2. The van der Waals surface area contributed by atoms with E-state index in [1.807, 2.05) is 0 Å². The number of allylic oxidation sites excluding steroid dienone is 4. The summed E-state index contributed by atoms with van der Waals surface area (Å²) >= 11 is 6.16. The van der Waals surface area contributed by atoms with Crippen LogP contribution in [0.1, 0.15) is 67.7 Å². The van der Waals surface area contributed by atoms with Crippen molar-refractivity contribution >= 4 is 11.6 Å². The molecule has 3 aliphatic rings. The molecular formula is C24H49ClN2O4. The molecule has 0 radical (unpaired) electrons. The lowest BCUT2D eigenvalue weighted by Crippen LogP contribution is -2.48. The summed E-state index contributed by atoms with van der Waals surface area (Å²) in [6.07, 6.45) is 9.19. The van der Waals surface area contributed by atoms with E-state index in [0.29, 0.717) is 11.3 Å². The lowest BCUT2D eigenvalue weighted by Gasteiger charge is -2.46. The largest absolute Gasteiger partial charge is 0.412 e. The Hall–Kier alpha value is -0.470. The van der Waals surface area contributed by atoms with E-state index in [0.717, 1.165) is 30.5 Å². The second-order valence-corrected chi connectivity index (χ2v) is 11.0. The minimum atomic E-state index is -0.0444. The standard InChI is InChI=1S/C23H39ClN2O.CH4.3H2O/c1-22(2,3)27-17-26-12-10-18(15-26)14-25-13-11-21(23(4,5)16-25)19-6-8-20(24)9-7-19;;;;/h6,8,18,21H,7,9-17H2,1-5H3;1H4;3*1H2. The second-order valence-electron chi connectivity index (χ2n) is 10.5. The molecule has 0 aromatic heterocycles. The second kappa shape index (κ2) is 13.3. The summed E-state index contributed by atoms with van der Waals surface area (Å²) in [6, 6.07) is 0. The highest BCUT2D eigenvalue weighted by molar-refractivity contribution is 6.29. The Morgan fingerprint density at radius 1 is 1.03 bits per heavy atom. The van der Waals surface area contributed by atoms with Crippen LogP contribution in [0.25, 0.3) is 0 Å². The van der Waals surface area contributed by atoms with E-state index in [1.54, 1.807) is 5.57 Å². The van der Waals surface area contributed by atoms with Gasteiger partial charge in [-0.25, -0.2) is 0 Å². The molecule has 0 saturated carbocycles. The van der Waals surface area contributed by atoms with Gasteiger partial charge in [-0.2, -0.15) is 0 Å². The molecule has 3 rings (SSSR count). The van der Waals surface area contributed by atoms with Gasteiger partial charge in [0.2, 0.25) is 0 Å². The molecule has 2 fully saturated rings. The summed E-state index contributed by atoms with van der Waals surface area (Å²) in [6.45, 7) is 18.2. The molecule has 1 aliphatic carbocycles. The van der Waals surface area contributed by atoms with E-state index in [4.69, 9.17) is 16.3 Å². The van der Waals surface area contributed by atoms with E-state index in [1.165, 1.54) is 45.6 Å². The molecule has 2 saturated heterocycles. The molecule has 0 spiro atoms. The predicted molar refractivity (Wildman–Crippen MR) is 133 cm³/mol. The number of rotatable bonds is 5. The average molecular weight is 465 g/mol. The fraction of sp³-hybridized carbons (Fsp3) is 0.833. The quantitative estimate of drug-likeness (QED) is 0.621. The molecule has 0 amide bonds. The first-order valence-electron chi connectivity index (χ1n) is 10.8. The van der Waals surface area contributed by atoms with Crippen LogP contribution in [-0.2, 0) is 4.74 Å². The normalized spacial score (nSPS) is 26.4. The van der Waals surface area contributed by atoms with Crippen molar-refractivity contribution in [2.45, 2.75) is 73.3 Å². The van der Waals surface area contributed by atoms with Crippen LogP contribution < -0.4 is 0 Å². The lowest BCUT2D eigenvalue weighted by atomic mass is 9.68. The fourth-order valence-electron chi connectivity index (χ4n) is 5.06. The van der Waals surface area contributed by atoms with Crippen molar-refractivity contribution in [3.8, 4) is 0 Å². The third kappa shape index (κ3) is 9.50. The van der Waals surface area contributed by atoms with E-state index in [9.17, 15) is 0 Å². The highest BCUT2D eigenvalue weighted by Gasteiger charge is 2.38. The monoisotopic (exact) mass is 464 g/mol. The summed E-state index contributed by atoms with van der Waals surface area (Å²) in [4.78, 5) is 5.21. The average Bonchev–Trinajstić information content (AvgIpc) is 3.00. The minimum Gasteiger partial charge on any atom is -0.412 e. The number of hydrogen-bond donors (Lipinski definition) is 0. The molecule has 2 heterocycles. The number of halogens is 1. The van der Waals surface area contributed by atoms with Crippen LogP contribution in [0.2, 0.25) is 0 Å². The van der Waals surface area contributed by atoms with Gasteiger partial charge in [-0.1, -0.05) is 44.5 Å². The van der Waals surface area contributed by atoms with E-state index in [2.05, 4.69) is 56.6 Å². The summed E-state index contributed by atoms with van der Waals surface area (Å²) in [5.41, 5.74) is 1.92. The van der Waals surface area contributed by atoms with Gasteiger partial charge in [-0.15, -0.1) is 0 Å². The molecule has 6 nitrogen and oxygen atoms in total. The van der Waals surface area contributed by atoms with Gasteiger partial charge in [0.1, 0.15) is 0 Å². The maximum Gasteiger partial charge on any atom is 0.0997 e. The molecule has 6 N–H and O–H groups in total. The third-order valence-corrected chi connectivity index (χ3v) is 6.77. The van der Waals surface area contributed by atoms with Gasteiger partial charge < -0.3 is 26.1 Å². The summed E-state index contributed by atoms with van der Waals surface area (Å²) in [5, 5.41) is 1.01. The topological polar surface area (TPSA) is 110 Å². The van der Waals surface area contributed by atoms with Crippen LogP contribution in [0.5, 0.6) is 0 Å². The Morgan fingerprint density at radius 2 is 1.68 bits per heavy atom. The van der Waals surface area contributed by atoms with Gasteiger partial charge in [0, 0.05) is 31.2 Å². The number of likely N-dealkylation sites (tertiary alicyclic amines) is 2. The van der Waals surface area contributed by atoms with Crippen molar-refractivity contribution in [3.63, 3.8) is 0 Å². The van der Waals surface area contributed by atoms with Crippen molar-refractivity contribution in [1.82, 2.24) is 9.80 Å². The van der Waals surface area contributed by atoms with Gasteiger partial charge in [0.25, 0.3) is 0 Å². The van der Waals surface area contributed by atoms with Crippen LogP contribution in [-0.4, -0.2) is 71.3 Å². The first-order valence-corrected chi connectivity index (χ1v) is 11.1. The van der Waals surface area contributed by atoms with Crippen molar-refractivity contribution in [2.75, 3.05) is 39.5 Å². The van der Waals surface area contributed by atoms with Crippen LogP contribution in [0.3, 0.4) is 0 Å². The van der Waals surface area contributed by atoms with Crippen LogP contribution in [0.4, 0.5) is 0 Å².